The Morgan fingerprint density at radius 2 is 1.69 bits per heavy atom. The summed E-state index contributed by atoms with van der Waals surface area (Å²) in [6, 6.07) is 23.0. The predicted octanol–water partition coefficient (Wildman–Crippen LogP) is 4.31. The molecule has 1 heterocycles. The van der Waals surface area contributed by atoms with Crippen LogP contribution in [0.3, 0.4) is 0 Å². The third kappa shape index (κ3) is 5.95. The Bertz CT molecular complexity index is 1400. The number of terminal acetylenes is 1. The molecule has 0 radical (unpaired) electrons. The van der Waals surface area contributed by atoms with E-state index in [4.69, 9.17) is 10.8 Å². The number of benzene rings is 3. The number of rotatable bonds is 7. The molecule has 3 amide bonds. The van der Waals surface area contributed by atoms with Gasteiger partial charge in [-0.3, -0.25) is 14.4 Å². The van der Waals surface area contributed by atoms with Gasteiger partial charge >= 0.3 is 0 Å². The van der Waals surface area contributed by atoms with Gasteiger partial charge < -0.3 is 20.0 Å². The van der Waals surface area contributed by atoms with Gasteiger partial charge in [0.15, 0.2) is 5.76 Å². The monoisotopic (exact) mass is 465 g/mol. The summed E-state index contributed by atoms with van der Waals surface area (Å²) in [6.07, 6.45) is 5.50. The lowest BCUT2D eigenvalue weighted by molar-refractivity contribution is -0.132. The van der Waals surface area contributed by atoms with Crippen LogP contribution in [-0.2, 0) is 16.0 Å². The maximum absolute atomic E-state index is 12.6. The van der Waals surface area contributed by atoms with E-state index in [-0.39, 0.29) is 36.4 Å². The lowest BCUT2D eigenvalue weighted by atomic mass is 10.1. The minimum Gasteiger partial charge on any atom is -0.451 e. The molecule has 4 aromatic rings. The van der Waals surface area contributed by atoms with Gasteiger partial charge in [-0.1, -0.05) is 42.3 Å². The number of likely N-dealkylation sites (N-methyl/N-ethyl adjacent to an activating group) is 1. The number of hydrogen-bond acceptors (Lipinski definition) is 4. The average Bonchev–Trinajstić information content (AvgIpc) is 3.30. The van der Waals surface area contributed by atoms with Crippen LogP contribution in [0.25, 0.3) is 11.0 Å². The fourth-order valence-electron chi connectivity index (χ4n) is 3.49. The van der Waals surface area contributed by atoms with E-state index in [0.717, 1.165) is 10.9 Å². The van der Waals surface area contributed by atoms with Gasteiger partial charge in [-0.2, -0.15) is 0 Å². The van der Waals surface area contributed by atoms with Crippen molar-refractivity contribution in [2.24, 2.45) is 0 Å². The van der Waals surface area contributed by atoms with Crippen LogP contribution in [0.4, 0.5) is 11.4 Å². The molecule has 0 unspecified atom stereocenters. The molecule has 0 aliphatic rings. The summed E-state index contributed by atoms with van der Waals surface area (Å²) in [5, 5.41) is 6.38. The number of anilines is 2. The fourth-order valence-corrected chi connectivity index (χ4v) is 3.49. The Kier molecular flexibility index (Phi) is 6.94. The molecule has 1 aromatic heterocycles. The highest BCUT2D eigenvalue weighted by molar-refractivity contribution is 6.04. The van der Waals surface area contributed by atoms with E-state index in [0.29, 0.717) is 22.5 Å². The van der Waals surface area contributed by atoms with Gasteiger partial charge in [0.1, 0.15) is 5.58 Å². The van der Waals surface area contributed by atoms with Crippen molar-refractivity contribution in [3.63, 3.8) is 0 Å². The summed E-state index contributed by atoms with van der Waals surface area (Å²) in [7, 11) is 1.57. The van der Waals surface area contributed by atoms with Crippen molar-refractivity contribution in [1.82, 2.24) is 4.90 Å². The number of carbonyl (C=O) groups is 3. The van der Waals surface area contributed by atoms with Crippen molar-refractivity contribution in [3.8, 4) is 12.3 Å². The standard InChI is InChI=1S/C28H23N3O4/c1-3-19-7-6-9-23(15-19)29-26(32)18-31(2)27(33)16-20-11-13-22(14-12-20)30-28(34)25-17-21-8-4-5-10-24(21)35-25/h1,4-15,17H,16,18H2,2H3,(H,29,32)(H,30,34). The highest BCUT2D eigenvalue weighted by Crippen LogP contribution is 2.20. The van der Waals surface area contributed by atoms with E-state index in [9.17, 15) is 14.4 Å². The van der Waals surface area contributed by atoms with Crippen molar-refractivity contribution in [2.45, 2.75) is 6.42 Å². The molecule has 2 N–H and O–H groups in total. The molecule has 0 aliphatic heterocycles. The molecule has 174 valence electrons. The summed E-state index contributed by atoms with van der Waals surface area (Å²) in [4.78, 5) is 38.7. The number of furan rings is 1. The first-order chi connectivity index (χ1) is 16.9. The Morgan fingerprint density at radius 3 is 2.43 bits per heavy atom. The van der Waals surface area contributed by atoms with E-state index in [1.165, 1.54) is 4.90 Å². The van der Waals surface area contributed by atoms with Crippen LogP contribution in [0, 0.1) is 12.3 Å². The molecule has 4 rings (SSSR count). The lowest BCUT2D eigenvalue weighted by Gasteiger charge is -2.17. The van der Waals surface area contributed by atoms with Crippen molar-refractivity contribution < 1.29 is 18.8 Å². The van der Waals surface area contributed by atoms with Gasteiger partial charge in [-0.05, 0) is 48.0 Å². The Morgan fingerprint density at radius 1 is 0.914 bits per heavy atom. The second-order valence-corrected chi connectivity index (χ2v) is 8.00. The molecule has 0 spiro atoms. The highest BCUT2D eigenvalue weighted by Gasteiger charge is 2.15. The first kappa shape index (κ1) is 23.3. The second kappa shape index (κ2) is 10.4. The predicted molar refractivity (Wildman–Crippen MR) is 135 cm³/mol. The number of hydrogen-bond donors (Lipinski definition) is 2. The fraction of sp³-hybridized carbons (Fsp3) is 0.107. The topological polar surface area (TPSA) is 91.7 Å². The Labute approximate surface area is 202 Å². The molecule has 0 bridgehead atoms. The molecule has 0 fully saturated rings. The summed E-state index contributed by atoms with van der Waals surface area (Å²) < 4.78 is 5.58. The summed E-state index contributed by atoms with van der Waals surface area (Å²) >= 11 is 0. The van der Waals surface area contributed by atoms with E-state index < -0.39 is 0 Å². The van der Waals surface area contributed by atoms with Crippen LogP contribution in [-0.4, -0.2) is 36.2 Å². The first-order valence-electron chi connectivity index (χ1n) is 10.9. The summed E-state index contributed by atoms with van der Waals surface area (Å²) in [5.41, 5.74) is 3.21. The molecule has 3 aromatic carbocycles. The quantitative estimate of drug-likeness (QED) is 0.398. The van der Waals surface area contributed by atoms with Crippen molar-refractivity contribution in [3.05, 3.63) is 95.7 Å². The van der Waals surface area contributed by atoms with Crippen LogP contribution in [0.2, 0.25) is 0 Å². The van der Waals surface area contributed by atoms with Gasteiger partial charge in [0.2, 0.25) is 11.8 Å². The van der Waals surface area contributed by atoms with Crippen molar-refractivity contribution in [2.75, 3.05) is 24.2 Å². The molecular weight excluding hydrogens is 442 g/mol. The van der Waals surface area contributed by atoms with Crippen LogP contribution >= 0.6 is 0 Å². The molecular formula is C28H23N3O4. The van der Waals surface area contributed by atoms with Gasteiger partial charge in [0.05, 0.1) is 13.0 Å². The van der Waals surface area contributed by atoms with Gasteiger partial charge in [-0.25, -0.2) is 0 Å². The zero-order chi connectivity index (χ0) is 24.8. The van der Waals surface area contributed by atoms with Gasteiger partial charge in [0.25, 0.3) is 5.91 Å². The number of carbonyl (C=O) groups excluding carboxylic acids is 3. The largest absolute Gasteiger partial charge is 0.451 e. The summed E-state index contributed by atoms with van der Waals surface area (Å²) in [5.74, 6) is 1.84. The number of fused-ring (bicyclic) bond motifs is 1. The molecule has 7 nitrogen and oxygen atoms in total. The van der Waals surface area contributed by atoms with Crippen LogP contribution in [0.5, 0.6) is 0 Å². The van der Waals surface area contributed by atoms with Crippen molar-refractivity contribution >= 4 is 40.1 Å². The molecule has 7 heteroatoms. The van der Waals surface area contributed by atoms with E-state index in [2.05, 4.69) is 16.6 Å². The number of para-hydroxylation sites is 1. The Hall–Kier alpha value is -4.83. The molecule has 0 saturated carbocycles. The number of nitrogens with one attached hydrogen (secondary N) is 2. The minimum absolute atomic E-state index is 0.0925. The normalized spacial score (nSPS) is 10.4. The van der Waals surface area contributed by atoms with Crippen molar-refractivity contribution in [1.29, 1.82) is 0 Å². The van der Waals surface area contributed by atoms with E-state index in [1.807, 2.05) is 18.2 Å². The van der Waals surface area contributed by atoms with Gasteiger partial charge in [0, 0.05) is 29.4 Å². The maximum atomic E-state index is 12.6. The van der Waals surface area contributed by atoms with Crippen LogP contribution < -0.4 is 10.6 Å². The van der Waals surface area contributed by atoms with E-state index in [1.54, 1.807) is 67.7 Å². The third-order valence-electron chi connectivity index (χ3n) is 5.34. The SMILES string of the molecule is C#Cc1cccc(NC(=O)CN(C)C(=O)Cc2ccc(NC(=O)c3cc4ccccc4o3)cc2)c1. The highest BCUT2D eigenvalue weighted by atomic mass is 16.3. The Balaban J connectivity index is 1.29. The first-order valence-corrected chi connectivity index (χ1v) is 10.9. The van der Waals surface area contributed by atoms with Crippen LogP contribution in [0.1, 0.15) is 21.7 Å². The molecule has 35 heavy (non-hydrogen) atoms. The smallest absolute Gasteiger partial charge is 0.291 e. The number of nitrogens with zero attached hydrogens (tertiary/aromatic N) is 1. The maximum Gasteiger partial charge on any atom is 0.291 e. The molecule has 0 atom stereocenters. The average molecular weight is 466 g/mol. The number of amides is 3. The second-order valence-electron chi connectivity index (χ2n) is 8.00. The van der Waals surface area contributed by atoms with Crippen LogP contribution in [0.15, 0.2) is 83.3 Å². The third-order valence-corrected chi connectivity index (χ3v) is 5.34. The lowest BCUT2D eigenvalue weighted by Crippen LogP contribution is -2.35. The molecule has 0 saturated heterocycles. The minimum atomic E-state index is -0.358. The molecule has 0 aliphatic carbocycles. The zero-order valence-electron chi connectivity index (χ0n) is 19.1. The zero-order valence-corrected chi connectivity index (χ0v) is 19.1. The van der Waals surface area contributed by atoms with Gasteiger partial charge in [-0.15, -0.1) is 6.42 Å². The van der Waals surface area contributed by atoms with E-state index >= 15 is 0 Å². The summed E-state index contributed by atoms with van der Waals surface area (Å²) in [6.45, 7) is -0.0925.